The van der Waals surface area contributed by atoms with Gasteiger partial charge in [-0.1, -0.05) is 18.2 Å². The van der Waals surface area contributed by atoms with Crippen LogP contribution in [0.3, 0.4) is 0 Å². The zero-order valence-corrected chi connectivity index (χ0v) is 7.22. The number of para-hydroxylation sites is 1. The van der Waals surface area contributed by atoms with Crippen LogP contribution in [0.15, 0.2) is 36.7 Å². The first kappa shape index (κ1) is 9.57. The number of rotatable bonds is 3. The lowest BCUT2D eigenvalue weighted by atomic mass is 10.2. The van der Waals surface area contributed by atoms with E-state index in [0.29, 0.717) is 0 Å². The number of hydrogen-bond donors (Lipinski definition) is 3. The smallest absolute Gasteiger partial charge is 0.0702 e. The Balaban J connectivity index is 2.98. The van der Waals surface area contributed by atoms with E-state index in [1.807, 2.05) is 18.2 Å². The maximum Gasteiger partial charge on any atom is 0.0702 e. The van der Waals surface area contributed by atoms with Crippen molar-refractivity contribution in [2.24, 2.45) is 11.6 Å². The largest absolute Gasteiger partial charge is 0.403 e. The number of aliphatic hydroxyl groups excluding tert-OH is 1. The molecular formula is C9H13N3O. The van der Waals surface area contributed by atoms with E-state index in [-0.39, 0.29) is 6.61 Å². The summed E-state index contributed by atoms with van der Waals surface area (Å²) >= 11 is 0. The summed E-state index contributed by atoms with van der Waals surface area (Å²) in [4.78, 5) is 0. The molecule has 1 aromatic carbocycles. The van der Waals surface area contributed by atoms with Crippen LogP contribution in [0.1, 0.15) is 5.56 Å². The molecule has 0 saturated heterocycles. The average molecular weight is 179 g/mol. The molecule has 4 nitrogen and oxygen atoms in total. The molecule has 0 spiro atoms. The molecule has 4 heteroatoms. The van der Waals surface area contributed by atoms with Crippen molar-refractivity contribution in [3.05, 3.63) is 42.2 Å². The molecule has 0 heterocycles. The van der Waals surface area contributed by atoms with Crippen molar-refractivity contribution in [3.8, 4) is 0 Å². The first-order valence-electron chi connectivity index (χ1n) is 3.90. The van der Waals surface area contributed by atoms with Crippen molar-refractivity contribution in [1.82, 2.24) is 0 Å². The molecule has 70 valence electrons. The maximum absolute atomic E-state index is 9.00. The molecule has 5 N–H and O–H groups in total. The van der Waals surface area contributed by atoms with E-state index in [1.54, 1.807) is 6.07 Å². The van der Waals surface area contributed by atoms with Gasteiger partial charge in [0.2, 0.25) is 0 Å². The normalized spacial score (nSPS) is 10.6. The van der Waals surface area contributed by atoms with Gasteiger partial charge in [0.25, 0.3) is 0 Å². The lowest BCUT2D eigenvalue weighted by Gasteiger charge is -2.16. The van der Waals surface area contributed by atoms with Gasteiger partial charge in [-0.05, 0) is 6.07 Å². The summed E-state index contributed by atoms with van der Waals surface area (Å²) in [6.45, 7) is -0.0394. The van der Waals surface area contributed by atoms with Gasteiger partial charge in [0, 0.05) is 18.0 Å². The summed E-state index contributed by atoms with van der Waals surface area (Å²) in [5.41, 5.74) is 6.70. The second-order valence-corrected chi connectivity index (χ2v) is 2.54. The lowest BCUT2D eigenvalue weighted by Crippen LogP contribution is -2.25. The van der Waals surface area contributed by atoms with Crippen LogP contribution in [0.2, 0.25) is 0 Å². The molecule has 0 amide bonds. The predicted octanol–water partition coefficient (Wildman–Crippen LogP) is 0.289. The summed E-state index contributed by atoms with van der Waals surface area (Å²) < 4.78 is 0. The molecule has 0 atom stereocenters. The monoisotopic (exact) mass is 179 g/mol. The molecule has 0 aromatic heterocycles. The Morgan fingerprint density at radius 3 is 2.69 bits per heavy atom. The third-order valence-corrected chi connectivity index (χ3v) is 1.69. The fraction of sp³-hybridized carbons (Fsp3) is 0.111. The number of anilines is 1. The first-order valence-corrected chi connectivity index (χ1v) is 3.90. The molecule has 0 aliphatic rings. The van der Waals surface area contributed by atoms with Crippen LogP contribution >= 0.6 is 0 Å². The number of aliphatic hydroxyl groups is 1. The third-order valence-electron chi connectivity index (χ3n) is 1.69. The van der Waals surface area contributed by atoms with Crippen LogP contribution in [0.5, 0.6) is 0 Å². The molecule has 13 heavy (non-hydrogen) atoms. The van der Waals surface area contributed by atoms with E-state index in [0.717, 1.165) is 11.3 Å². The highest BCUT2D eigenvalue weighted by Crippen LogP contribution is 2.17. The standard InChI is InChI=1S/C9H13N3O/c10-5-6-12(11)9-4-2-1-3-8(9)7-13/h1-6,13H,7,10-11H2/b6-5-. The SMILES string of the molecule is N/C=C\N(N)c1ccccc1CO. The average Bonchev–Trinajstić information content (AvgIpc) is 2.18. The first-order chi connectivity index (χ1) is 6.29. The molecule has 0 radical (unpaired) electrons. The number of nitrogens with two attached hydrogens (primary N) is 2. The zero-order chi connectivity index (χ0) is 9.68. The zero-order valence-electron chi connectivity index (χ0n) is 7.22. The highest BCUT2D eigenvalue weighted by atomic mass is 16.3. The van der Waals surface area contributed by atoms with E-state index < -0.39 is 0 Å². The Bertz CT molecular complexity index is 299. The summed E-state index contributed by atoms with van der Waals surface area (Å²) in [6.07, 6.45) is 2.86. The van der Waals surface area contributed by atoms with Crippen LogP contribution < -0.4 is 16.6 Å². The van der Waals surface area contributed by atoms with Crippen molar-refractivity contribution in [3.63, 3.8) is 0 Å². The van der Waals surface area contributed by atoms with Crippen LogP contribution in [-0.4, -0.2) is 5.11 Å². The Morgan fingerprint density at radius 1 is 1.38 bits per heavy atom. The Morgan fingerprint density at radius 2 is 2.08 bits per heavy atom. The second kappa shape index (κ2) is 4.49. The van der Waals surface area contributed by atoms with E-state index in [9.17, 15) is 0 Å². The maximum atomic E-state index is 9.00. The summed E-state index contributed by atoms with van der Waals surface area (Å²) in [6, 6.07) is 7.30. The number of nitrogens with zero attached hydrogens (tertiary/aromatic N) is 1. The van der Waals surface area contributed by atoms with E-state index >= 15 is 0 Å². The topological polar surface area (TPSA) is 75.5 Å². The van der Waals surface area contributed by atoms with Gasteiger partial charge in [-0.3, -0.25) is 5.01 Å². The van der Waals surface area contributed by atoms with Crippen LogP contribution in [0.4, 0.5) is 5.69 Å². The Hall–Kier alpha value is -1.52. The van der Waals surface area contributed by atoms with Crippen molar-refractivity contribution < 1.29 is 5.11 Å². The van der Waals surface area contributed by atoms with Gasteiger partial charge in [-0.25, -0.2) is 5.84 Å². The molecule has 0 aliphatic carbocycles. The van der Waals surface area contributed by atoms with Crippen molar-refractivity contribution in [2.45, 2.75) is 6.61 Å². The van der Waals surface area contributed by atoms with Gasteiger partial charge >= 0.3 is 0 Å². The van der Waals surface area contributed by atoms with Gasteiger partial charge in [0.1, 0.15) is 0 Å². The van der Waals surface area contributed by atoms with Crippen molar-refractivity contribution in [2.75, 3.05) is 5.01 Å². The molecule has 0 bridgehead atoms. The summed E-state index contributed by atoms with van der Waals surface area (Å²) in [7, 11) is 0. The lowest BCUT2D eigenvalue weighted by molar-refractivity contribution is 0.282. The second-order valence-electron chi connectivity index (χ2n) is 2.54. The van der Waals surface area contributed by atoms with Crippen LogP contribution in [0, 0.1) is 0 Å². The predicted molar refractivity (Wildman–Crippen MR) is 52.4 cm³/mol. The van der Waals surface area contributed by atoms with Gasteiger partial charge in [-0.15, -0.1) is 0 Å². The molecule has 0 saturated carbocycles. The Labute approximate surface area is 77.0 Å². The Kier molecular flexibility index (Phi) is 3.31. The molecule has 0 unspecified atom stereocenters. The van der Waals surface area contributed by atoms with Gasteiger partial charge in [-0.2, -0.15) is 0 Å². The highest BCUT2D eigenvalue weighted by molar-refractivity contribution is 5.53. The fourth-order valence-corrected chi connectivity index (χ4v) is 1.07. The van der Waals surface area contributed by atoms with Crippen molar-refractivity contribution >= 4 is 5.69 Å². The van der Waals surface area contributed by atoms with Gasteiger partial charge in [0.15, 0.2) is 0 Å². The molecule has 0 aliphatic heterocycles. The van der Waals surface area contributed by atoms with E-state index in [2.05, 4.69) is 0 Å². The van der Waals surface area contributed by atoms with E-state index in [1.165, 1.54) is 17.4 Å². The van der Waals surface area contributed by atoms with Crippen LogP contribution in [0.25, 0.3) is 0 Å². The van der Waals surface area contributed by atoms with Gasteiger partial charge in [0.05, 0.1) is 12.3 Å². The highest BCUT2D eigenvalue weighted by Gasteiger charge is 2.02. The van der Waals surface area contributed by atoms with E-state index in [4.69, 9.17) is 16.7 Å². The molecule has 1 aromatic rings. The minimum atomic E-state index is -0.0394. The molecule has 1 rings (SSSR count). The van der Waals surface area contributed by atoms with Crippen LogP contribution in [-0.2, 0) is 6.61 Å². The number of hydrazine groups is 1. The minimum absolute atomic E-state index is 0.0394. The molecular weight excluding hydrogens is 166 g/mol. The third kappa shape index (κ3) is 2.21. The van der Waals surface area contributed by atoms with Gasteiger partial charge < -0.3 is 10.8 Å². The quantitative estimate of drug-likeness (QED) is 0.460. The molecule has 0 fully saturated rings. The minimum Gasteiger partial charge on any atom is -0.403 e. The fourth-order valence-electron chi connectivity index (χ4n) is 1.07. The van der Waals surface area contributed by atoms with Crippen molar-refractivity contribution in [1.29, 1.82) is 0 Å². The number of benzene rings is 1. The summed E-state index contributed by atoms with van der Waals surface area (Å²) in [5.74, 6) is 5.64. The number of hydrogen-bond acceptors (Lipinski definition) is 4. The summed E-state index contributed by atoms with van der Waals surface area (Å²) in [5, 5.41) is 10.4.